The predicted molar refractivity (Wildman–Crippen MR) is 49.9 cm³/mol. The minimum absolute atomic E-state index is 0.293. The third-order valence-corrected chi connectivity index (χ3v) is 2.34. The third kappa shape index (κ3) is 2.04. The van der Waals surface area contributed by atoms with Crippen LogP contribution in [0.25, 0.3) is 0 Å². The maximum absolute atomic E-state index is 11.1. The number of carbonyl (C=O) groups excluding carboxylic acids is 1. The van der Waals surface area contributed by atoms with Gasteiger partial charge in [-0.3, -0.25) is 0 Å². The van der Waals surface area contributed by atoms with E-state index in [2.05, 4.69) is 4.74 Å². The van der Waals surface area contributed by atoms with E-state index in [9.17, 15) is 4.79 Å². The molecule has 5 heteroatoms. The first-order valence-electron chi connectivity index (χ1n) is 4.77. The molecule has 84 valence electrons. The molecule has 0 N–H and O–H groups in total. The summed E-state index contributed by atoms with van der Waals surface area (Å²) in [7, 11) is 1.34. The van der Waals surface area contributed by atoms with Crippen molar-refractivity contribution in [1.29, 1.82) is 0 Å². The van der Waals surface area contributed by atoms with Crippen molar-refractivity contribution in [2.75, 3.05) is 13.7 Å². The summed E-state index contributed by atoms with van der Waals surface area (Å²) in [5.41, 5.74) is 0.762. The van der Waals surface area contributed by atoms with Gasteiger partial charge in [0.1, 0.15) is 6.10 Å². The van der Waals surface area contributed by atoms with E-state index in [-0.39, 0.29) is 6.10 Å². The molecule has 2 aliphatic rings. The minimum atomic E-state index is -0.662. The van der Waals surface area contributed by atoms with E-state index in [1.807, 2.05) is 13.8 Å². The van der Waals surface area contributed by atoms with Crippen LogP contribution >= 0.6 is 0 Å². The molecule has 0 radical (unpaired) electrons. The number of hydrogen-bond donors (Lipinski definition) is 0. The Morgan fingerprint density at radius 3 is 2.93 bits per heavy atom. The molecule has 0 aromatic rings. The van der Waals surface area contributed by atoms with Crippen LogP contribution in [0.4, 0.5) is 0 Å². The maximum atomic E-state index is 11.1. The largest absolute Gasteiger partial charge is 0.466 e. The van der Waals surface area contributed by atoms with Gasteiger partial charge < -0.3 is 18.9 Å². The van der Waals surface area contributed by atoms with Crippen molar-refractivity contribution in [3.05, 3.63) is 11.6 Å². The van der Waals surface area contributed by atoms with Gasteiger partial charge in [0.2, 0.25) is 0 Å². The molecule has 0 aliphatic carbocycles. The molecule has 2 heterocycles. The van der Waals surface area contributed by atoms with Gasteiger partial charge in [0.25, 0.3) is 0 Å². The lowest BCUT2D eigenvalue weighted by Crippen LogP contribution is -2.23. The monoisotopic (exact) mass is 214 g/mol. The van der Waals surface area contributed by atoms with Crippen LogP contribution in [0.15, 0.2) is 11.6 Å². The number of fused-ring (bicyclic) bond motifs is 1. The summed E-state index contributed by atoms with van der Waals surface area (Å²) in [5, 5.41) is 0. The number of ether oxygens (including phenoxy) is 4. The number of esters is 1. The molecular weight excluding hydrogens is 200 g/mol. The van der Waals surface area contributed by atoms with Gasteiger partial charge in [0, 0.05) is 6.08 Å². The van der Waals surface area contributed by atoms with Crippen molar-refractivity contribution in [2.24, 2.45) is 0 Å². The molecule has 5 nitrogen and oxygen atoms in total. The molecular formula is C10H14O5. The summed E-state index contributed by atoms with van der Waals surface area (Å²) >= 11 is 0. The average Bonchev–Trinajstić information content (AvgIpc) is 2.63. The van der Waals surface area contributed by atoms with E-state index in [1.165, 1.54) is 13.2 Å². The van der Waals surface area contributed by atoms with E-state index in [1.54, 1.807) is 0 Å². The van der Waals surface area contributed by atoms with Crippen LogP contribution in [-0.4, -0.2) is 37.9 Å². The van der Waals surface area contributed by atoms with Gasteiger partial charge in [-0.2, -0.15) is 0 Å². The fraction of sp³-hybridized carbons (Fsp3) is 0.700. The Morgan fingerprint density at radius 1 is 1.53 bits per heavy atom. The van der Waals surface area contributed by atoms with Crippen molar-refractivity contribution in [3.63, 3.8) is 0 Å². The van der Waals surface area contributed by atoms with Crippen molar-refractivity contribution in [1.82, 2.24) is 0 Å². The Kier molecular flexibility index (Phi) is 2.54. The van der Waals surface area contributed by atoms with Gasteiger partial charge in [0.15, 0.2) is 12.1 Å². The van der Waals surface area contributed by atoms with E-state index in [4.69, 9.17) is 14.2 Å². The molecule has 0 spiro atoms. The molecule has 2 aliphatic heterocycles. The van der Waals surface area contributed by atoms with Gasteiger partial charge in [-0.1, -0.05) is 0 Å². The quantitative estimate of drug-likeness (QED) is 0.472. The molecule has 0 saturated carbocycles. The second-order valence-electron chi connectivity index (χ2n) is 3.98. The lowest BCUT2D eigenvalue weighted by molar-refractivity contribution is -0.189. The van der Waals surface area contributed by atoms with Crippen molar-refractivity contribution < 1.29 is 23.7 Å². The van der Waals surface area contributed by atoms with Gasteiger partial charge >= 0.3 is 5.97 Å². The molecule has 2 atom stereocenters. The fourth-order valence-corrected chi connectivity index (χ4v) is 1.70. The van der Waals surface area contributed by atoms with Crippen LogP contribution < -0.4 is 0 Å². The minimum Gasteiger partial charge on any atom is -0.466 e. The second-order valence-corrected chi connectivity index (χ2v) is 3.98. The lowest BCUT2D eigenvalue weighted by atomic mass is 10.2. The molecule has 15 heavy (non-hydrogen) atoms. The smallest absolute Gasteiger partial charge is 0.330 e. The summed E-state index contributed by atoms with van der Waals surface area (Å²) in [5.74, 6) is -1.06. The average molecular weight is 214 g/mol. The number of methoxy groups -OCH3 is 1. The van der Waals surface area contributed by atoms with Crippen LogP contribution in [0.1, 0.15) is 13.8 Å². The molecule has 0 bridgehead atoms. The van der Waals surface area contributed by atoms with Gasteiger partial charge in [-0.15, -0.1) is 0 Å². The maximum Gasteiger partial charge on any atom is 0.330 e. The van der Waals surface area contributed by atoms with Crippen LogP contribution in [0, 0.1) is 0 Å². The highest BCUT2D eigenvalue weighted by molar-refractivity contribution is 5.83. The molecule has 2 fully saturated rings. The first-order chi connectivity index (χ1) is 7.02. The zero-order valence-electron chi connectivity index (χ0n) is 8.98. The first-order valence-corrected chi connectivity index (χ1v) is 4.77. The number of rotatable bonds is 1. The lowest BCUT2D eigenvalue weighted by Gasteiger charge is -2.17. The Labute approximate surface area is 87.9 Å². The number of carbonyl (C=O) groups is 1. The zero-order valence-corrected chi connectivity index (χ0v) is 8.98. The molecule has 0 aromatic carbocycles. The van der Waals surface area contributed by atoms with Crippen molar-refractivity contribution in [3.8, 4) is 0 Å². The van der Waals surface area contributed by atoms with Crippen LogP contribution in [0.3, 0.4) is 0 Å². The summed E-state index contributed by atoms with van der Waals surface area (Å²) in [4.78, 5) is 11.1. The fourth-order valence-electron chi connectivity index (χ4n) is 1.70. The Balaban J connectivity index is 2.12. The van der Waals surface area contributed by atoms with Gasteiger partial charge in [-0.25, -0.2) is 4.79 Å². The van der Waals surface area contributed by atoms with E-state index in [0.29, 0.717) is 6.61 Å². The summed E-state index contributed by atoms with van der Waals surface area (Å²) < 4.78 is 21.0. The standard InChI is InChI=1S/C10H14O5/c1-10(2)14-8-6(4-7(11)12-3)5-13-9(8)15-10/h4,8-9H,5H2,1-3H3/b6-4-/t8-,9-/m1/s1. The summed E-state index contributed by atoms with van der Waals surface area (Å²) in [6.07, 6.45) is 0.699. The van der Waals surface area contributed by atoms with Gasteiger partial charge in [0.05, 0.1) is 13.7 Å². The summed E-state index contributed by atoms with van der Waals surface area (Å²) in [6, 6.07) is 0. The van der Waals surface area contributed by atoms with Crippen LogP contribution in [0.2, 0.25) is 0 Å². The number of hydrogen-bond acceptors (Lipinski definition) is 5. The van der Waals surface area contributed by atoms with Crippen LogP contribution in [0.5, 0.6) is 0 Å². The van der Waals surface area contributed by atoms with E-state index >= 15 is 0 Å². The highest BCUT2D eigenvalue weighted by atomic mass is 16.8. The van der Waals surface area contributed by atoms with E-state index in [0.717, 1.165) is 5.57 Å². The molecule has 0 amide bonds. The van der Waals surface area contributed by atoms with Gasteiger partial charge in [-0.05, 0) is 19.4 Å². The van der Waals surface area contributed by atoms with Crippen molar-refractivity contribution in [2.45, 2.75) is 32.0 Å². The first kappa shape index (κ1) is 10.6. The predicted octanol–water partition coefficient (Wildman–Crippen LogP) is 0.594. The second kappa shape index (κ2) is 3.59. The highest BCUT2D eigenvalue weighted by Crippen LogP contribution is 2.36. The normalized spacial score (nSPS) is 35.5. The molecule has 2 saturated heterocycles. The SMILES string of the molecule is COC(=O)/C=C1/CO[C@@H]2OC(C)(C)O[C@H]12. The summed E-state index contributed by atoms with van der Waals surface area (Å²) in [6.45, 7) is 3.97. The molecule has 2 rings (SSSR count). The zero-order chi connectivity index (χ0) is 11.1. The van der Waals surface area contributed by atoms with E-state index < -0.39 is 18.0 Å². The highest BCUT2D eigenvalue weighted by Gasteiger charge is 2.47. The Hall–Kier alpha value is -0.910. The van der Waals surface area contributed by atoms with Crippen LogP contribution in [-0.2, 0) is 23.7 Å². The topological polar surface area (TPSA) is 54.0 Å². The third-order valence-electron chi connectivity index (χ3n) is 2.34. The van der Waals surface area contributed by atoms with Crippen molar-refractivity contribution >= 4 is 5.97 Å². The molecule has 0 aromatic heterocycles. The Morgan fingerprint density at radius 2 is 2.27 bits per heavy atom. The molecule has 0 unspecified atom stereocenters. The Bertz CT molecular complexity index is 307.